The topological polar surface area (TPSA) is 116 Å². The smallest absolute Gasteiger partial charge is 0.329 e. The highest BCUT2D eigenvalue weighted by molar-refractivity contribution is 9.10. The first-order valence-corrected chi connectivity index (χ1v) is 7.25. The molecule has 1 aromatic heterocycles. The highest BCUT2D eigenvalue weighted by atomic mass is 79.9. The van der Waals surface area contributed by atoms with Gasteiger partial charge in [-0.25, -0.2) is 4.79 Å². The predicted molar refractivity (Wildman–Crippen MR) is 73.3 cm³/mol. The highest BCUT2D eigenvalue weighted by Crippen LogP contribution is 2.41. The molecule has 1 aliphatic rings. The van der Waals surface area contributed by atoms with Gasteiger partial charge in [0.1, 0.15) is 16.0 Å². The third kappa shape index (κ3) is 2.40. The second-order valence-corrected chi connectivity index (χ2v) is 6.41. The Morgan fingerprint density at radius 1 is 1.37 bits per heavy atom. The molecule has 0 radical (unpaired) electrons. The molecule has 1 fully saturated rings. The zero-order valence-electron chi connectivity index (χ0n) is 9.91. The van der Waals surface area contributed by atoms with Crippen LogP contribution in [-0.2, 0) is 0 Å². The minimum absolute atomic E-state index is 0.196. The summed E-state index contributed by atoms with van der Waals surface area (Å²) in [6.45, 7) is 1.25. The van der Waals surface area contributed by atoms with Crippen LogP contribution in [0.5, 0.6) is 0 Å². The van der Waals surface area contributed by atoms with E-state index in [-0.39, 0.29) is 11.1 Å². The van der Waals surface area contributed by atoms with Crippen LogP contribution in [0.2, 0.25) is 0 Å². The van der Waals surface area contributed by atoms with Crippen LogP contribution in [0.3, 0.4) is 0 Å². The van der Waals surface area contributed by atoms with E-state index in [0.717, 1.165) is 11.8 Å². The number of H-pyrrole nitrogens is 1. The van der Waals surface area contributed by atoms with Gasteiger partial charge in [-0.1, -0.05) is 0 Å². The van der Waals surface area contributed by atoms with Gasteiger partial charge in [-0.2, -0.15) is 0 Å². The largest absolute Gasteiger partial charge is 0.395 e. The van der Waals surface area contributed by atoms with Crippen molar-refractivity contribution in [3.8, 4) is 0 Å². The van der Waals surface area contributed by atoms with Gasteiger partial charge < -0.3 is 15.3 Å². The van der Waals surface area contributed by atoms with E-state index in [0.29, 0.717) is 5.69 Å². The Kier molecular flexibility index (Phi) is 4.21. The molecule has 4 N–H and O–H groups in total. The molecule has 0 saturated carbocycles. The second kappa shape index (κ2) is 5.41. The molecule has 9 heteroatoms. The summed E-state index contributed by atoms with van der Waals surface area (Å²) in [5, 5.41) is 27.5. The fourth-order valence-corrected chi connectivity index (χ4v) is 3.79. The number of rotatable bonds is 2. The van der Waals surface area contributed by atoms with Crippen molar-refractivity contribution in [2.75, 3.05) is 6.61 Å². The number of aromatic nitrogens is 2. The van der Waals surface area contributed by atoms with Crippen LogP contribution >= 0.6 is 27.7 Å². The second-order valence-electron chi connectivity index (χ2n) is 4.26. The lowest BCUT2D eigenvalue weighted by Gasteiger charge is -2.20. The molecule has 0 amide bonds. The van der Waals surface area contributed by atoms with Crippen molar-refractivity contribution >= 4 is 27.7 Å². The molecule has 2 heterocycles. The minimum Gasteiger partial charge on any atom is -0.395 e. The number of hydrogen-bond donors (Lipinski definition) is 4. The monoisotopic (exact) mass is 352 g/mol. The normalized spacial score (nSPS) is 30.8. The number of thioether (sulfide) groups is 1. The number of hydrogen-bond acceptors (Lipinski definition) is 6. The molecule has 1 aromatic rings. The van der Waals surface area contributed by atoms with Gasteiger partial charge in [0.2, 0.25) is 0 Å². The van der Waals surface area contributed by atoms with Crippen molar-refractivity contribution in [3.05, 3.63) is 31.0 Å². The Balaban J connectivity index is 2.52. The van der Waals surface area contributed by atoms with Gasteiger partial charge in [-0.3, -0.25) is 14.3 Å². The molecule has 0 aromatic carbocycles. The number of aliphatic hydroxyl groups is 3. The van der Waals surface area contributed by atoms with Gasteiger partial charge in [0.05, 0.1) is 18.0 Å². The van der Waals surface area contributed by atoms with E-state index in [1.807, 2.05) is 0 Å². The molecule has 0 aliphatic carbocycles. The number of nitrogens with one attached hydrogen (secondary N) is 1. The van der Waals surface area contributed by atoms with Crippen molar-refractivity contribution in [2.24, 2.45) is 0 Å². The Morgan fingerprint density at radius 2 is 2.00 bits per heavy atom. The Hall–Kier alpha value is -0.610. The molecule has 0 bridgehead atoms. The lowest BCUT2D eigenvalue weighted by molar-refractivity contribution is 0.00981. The zero-order valence-corrected chi connectivity index (χ0v) is 12.3. The maximum atomic E-state index is 11.9. The summed E-state index contributed by atoms with van der Waals surface area (Å²) in [4.78, 5) is 25.4. The van der Waals surface area contributed by atoms with Gasteiger partial charge in [0, 0.05) is 5.69 Å². The van der Waals surface area contributed by atoms with Crippen molar-refractivity contribution < 1.29 is 15.3 Å². The first kappa shape index (κ1) is 14.8. The summed E-state index contributed by atoms with van der Waals surface area (Å²) < 4.78 is 1.40. The standard InChI is InChI=1S/C10H13BrN2O5S/c1-3-5(11)8(17)12-10(18)13(3)9-7(16)6(15)4(2-14)19-9/h4,6-7,9,14-16H,2H2,1H3,(H,12,17,18)/t4-,6+,7+,9-/m0/s1. The van der Waals surface area contributed by atoms with Gasteiger partial charge >= 0.3 is 5.69 Å². The average Bonchev–Trinajstić information content (AvgIpc) is 2.64. The van der Waals surface area contributed by atoms with Crippen LogP contribution in [-0.4, -0.2) is 48.9 Å². The molecular formula is C10H13BrN2O5S. The third-order valence-electron chi connectivity index (χ3n) is 3.09. The van der Waals surface area contributed by atoms with E-state index < -0.39 is 34.1 Å². The van der Waals surface area contributed by atoms with E-state index >= 15 is 0 Å². The van der Waals surface area contributed by atoms with Crippen LogP contribution in [0, 0.1) is 6.92 Å². The Bertz CT molecular complexity index is 601. The van der Waals surface area contributed by atoms with Crippen LogP contribution in [0.25, 0.3) is 0 Å². The molecule has 1 aliphatic heterocycles. The first-order valence-electron chi connectivity index (χ1n) is 5.51. The van der Waals surface area contributed by atoms with E-state index in [9.17, 15) is 19.8 Å². The molecule has 0 unspecified atom stereocenters. The lowest BCUT2D eigenvalue weighted by atomic mass is 10.1. The van der Waals surface area contributed by atoms with Crippen molar-refractivity contribution in [2.45, 2.75) is 29.8 Å². The van der Waals surface area contributed by atoms with E-state index in [1.54, 1.807) is 6.92 Å². The fourth-order valence-electron chi connectivity index (χ4n) is 2.03. The van der Waals surface area contributed by atoms with Crippen LogP contribution < -0.4 is 11.2 Å². The Labute approximate surface area is 120 Å². The molecule has 4 atom stereocenters. The fraction of sp³-hybridized carbons (Fsp3) is 0.600. The summed E-state index contributed by atoms with van der Waals surface area (Å²) >= 11 is 4.17. The van der Waals surface area contributed by atoms with Gasteiger partial charge in [0.15, 0.2) is 0 Å². The SMILES string of the molecule is Cc1c(Br)c(=O)[nH]c(=O)n1[C@H]1S[C@@H](CO)[C@@H](O)[C@H]1O. The summed E-state index contributed by atoms with van der Waals surface area (Å²) in [5.41, 5.74) is -0.848. The number of halogens is 1. The highest BCUT2D eigenvalue weighted by Gasteiger charge is 2.43. The molecule has 106 valence electrons. The summed E-state index contributed by atoms with van der Waals surface area (Å²) in [7, 11) is 0. The van der Waals surface area contributed by atoms with Crippen LogP contribution in [0.15, 0.2) is 14.1 Å². The first-order chi connectivity index (χ1) is 8.88. The Morgan fingerprint density at radius 3 is 2.53 bits per heavy atom. The molecule has 2 rings (SSSR count). The zero-order chi connectivity index (χ0) is 14.3. The summed E-state index contributed by atoms with van der Waals surface area (Å²) in [6, 6.07) is 0. The molecule has 1 saturated heterocycles. The predicted octanol–water partition coefficient (Wildman–Crippen LogP) is -1.06. The number of nitrogens with zero attached hydrogens (tertiary/aromatic N) is 1. The van der Waals surface area contributed by atoms with Gasteiger partial charge in [0.25, 0.3) is 5.56 Å². The van der Waals surface area contributed by atoms with Gasteiger partial charge in [-0.05, 0) is 22.9 Å². The quantitative estimate of drug-likeness (QED) is 0.539. The van der Waals surface area contributed by atoms with Crippen LogP contribution in [0.1, 0.15) is 11.1 Å². The van der Waals surface area contributed by atoms with Gasteiger partial charge in [-0.15, -0.1) is 11.8 Å². The lowest BCUT2D eigenvalue weighted by Crippen LogP contribution is -2.39. The van der Waals surface area contributed by atoms with Crippen molar-refractivity contribution in [3.63, 3.8) is 0 Å². The van der Waals surface area contributed by atoms with E-state index in [4.69, 9.17) is 5.11 Å². The van der Waals surface area contributed by atoms with Crippen molar-refractivity contribution in [1.29, 1.82) is 0 Å². The average molecular weight is 353 g/mol. The maximum absolute atomic E-state index is 11.9. The summed E-state index contributed by atoms with van der Waals surface area (Å²) in [6.07, 6.45) is -2.33. The molecule has 19 heavy (non-hydrogen) atoms. The third-order valence-corrected chi connectivity index (χ3v) is 5.57. The van der Waals surface area contributed by atoms with Crippen molar-refractivity contribution in [1.82, 2.24) is 9.55 Å². The number of aromatic amines is 1. The van der Waals surface area contributed by atoms with E-state index in [1.165, 1.54) is 4.57 Å². The number of aliphatic hydroxyl groups excluding tert-OH is 3. The molecular weight excluding hydrogens is 340 g/mol. The van der Waals surface area contributed by atoms with Crippen LogP contribution in [0.4, 0.5) is 0 Å². The minimum atomic E-state index is -1.20. The molecule has 7 nitrogen and oxygen atoms in total. The summed E-state index contributed by atoms with van der Waals surface area (Å²) in [5.74, 6) is 0. The van der Waals surface area contributed by atoms with E-state index in [2.05, 4.69) is 20.9 Å². The molecule has 0 spiro atoms. The maximum Gasteiger partial charge on any atom is 0.329 e.